The topological polar surface area (TPSA) is 24.5 Å². The maximum Gasteiger partial charge on any atom is 0.0547 e. The molecule has 0 radical (unpaired) electrons. The monoisotopic (exact) mass is 240 g/mol. The normalized spacial score (nSPS) is 36.0. The van der Waals surface area contributed by atoms with Gasteiger partial charge in [-0.25, -0.2) is 0 Å². The van der Waals surface area contributed by atoms with Crippen LogP contribution in [0.3, 0.4) is 0 Å². The fourth-order valence-electron chi connectivity index (χ4n) is 3.34. The third-order valence-electron chi connectivity index (χ3n) is 4.47. The Labute approximate surface area is 106 Å². The molecule has 2 aliphatic heterocycles. The van der Waals surface area contributed by atoms with Crippen LogP contribution < -0.4 is 5.32 Å². The molecule has 2 aliphatic rings. The quantitative estimate of drug-likeness (QED) is 0.812. The van der Waals surface area contributed by atoms with E-state index in [1.54, 1.807) is 0 Å². The number of nitrogens with one attached hydrogen (secondary N) is 1. The Morgan fingerprint density at radius 1 is 1.35 bits per heavy atom. The maximum absolute atomic E-state index is 5.65. The lowest BCUT2D eigenvalue weighted by molar-refractivity contribution is 0.0917. The molecular weight excluding hydrogens is 212 g/mol. The fraction of sp³-hybridized carbons (Fsp3) is 1.00. The molecule has 3 heteroatoms. The highest BCUT2D eigenvalue weighted by Crippen LogP contribution is 2.31. The molecule has 0 spiro atoms. The minimum atomic E-state index is 0.368. The van der Waals surface area contributed by atoms with Gasteiger partial charge < -0.3 is 10.1 Å². The first-order valence-electron chi connectivity index (χ1n) is 7.22. The Morgan fingerprint density at radius 2 is 2.24 bits per heavy atom. The van der Waals surface area contributed by atoms with Gasteiger partial charge in [0, 0.05) is 31.2 Å². The van der Waals surface area contributed by atoms with Crippen LogP contribution in [0.1, 0.15) is 39.0 Å². The number of hydrogen-bond acceptors (Lipinski definition) is 3. The summed E-state index contributed by atoms with van der Waals surface area (Å²) in [5, 5.41) is 3.36. The molecule has 2 saturated heterocycles. The Morgan fingerprint density at radius 3 is 2.94 bits per heavy atom. The third-order valence-corrected chi connectivity index (χ3v) is 4.47. The van der Waals surface area contributed by atoms with Crippen LogP contribution in [0.2, 0.25) is 0 Å². The highest BCUT2D eigenvalue weighted by molar-refractivity contribution is 4.89. The van der Waals surface area contributed by atoms with Gasteiger partial charge in [0.25, 0.3) is 0 Å². The minimum absolute atomic E-state index is 0.368. The van der Waals surface area contributed by atoms with Crippen LogP contribution in [-0.4, -0.2) is 50.8 Å². The van der Waals surface area contributed by atoms with Crippen LogP contribution in [0.15, 0.2) is 0 Å². The van der Waals surface area contributed by atoms with E-state index >= 15 is 0 Å². The van der Waals surface area contributed by atoms with Crippen molar-refractivity contribution in [2.24, 2.45) is 5.41 Å². The van der Waals surface area contributed by atoms with Crippen molar-refractivity contribution in [1.29, 1.82) is 0 Å². The van der Waals surface area contributed by atoms with Gasteiger partial charge in [-0.3, -0.25) is 4.90 Å². The summed E-state index contributed by atoms with van der Waals surface area (Å²) in [6.07, 6.45) is 6.79. The van der Waals surface area contributed by atoms with Crippen LogP contribution >= 0.6 is 0 Å². The van der Waals surface area contributed by atoms with Gasteiger partial charge in [0.15, 0.2) is 0 Å². The molecule has 0 bridgehead atoms. The van der Waals surface area contributed by atoms with E-state index in [0.717, 1.165) is 25.8 Å². The van der Waals surface area contributed by atoms with Crippen molar-refractivity contribution >= 4 is 0 Å². The van der Waals surface area contributed by atoms with E-state index in [1.165, 1.54) is 45.2 Å². The highest BCUT2D eigenvalue weighted by atomic mass is 16.5. The number of rotatable bonds is 4. The van der Waals surface area contributed by atoms with Crippen LogP contribution in [0, 0.1) is 5.41 Å². The molecule has 0 aromatic heterocycles. The lowest BCUT2D eigenvalue weighted by Crippen LogP contribution is -2.46. The number of likely N-dealkylation sites (tertiary alicyclic amines) is 1. The molecule has 2 heterocycles. The molecule has 1 N–H and O–H groups in total. The number of ether oxygens (including phenoxy) is 1. The van der Waals surface area contributed by atoms with Gasteiger partial charge in [0.1, 0.15) is 0 Å². The third kappa shape index (κ3) is 3.43. The van der Waals surface area contributed by atoms with Gasteiger partial charge >= 0.3 is 0 Å². The predicted octanol–water partition coefficient (Wildman–Crippen LogP) is 1.88. The largest absolute Gasteiger partial charge is 0.381 e. The Balaban J connectivity index is 1.95. The first kappa shape index (κ1) is 13.3. The van der Waals surface area contributed by atoms with Gasteiger partial charge in [0.2, 0.25) is 0 Å². The molecule has 2 atom stereocenters. The van der Waals surface area contributed by atoms with Crippen LogP contribution in [0.4, 0.5) is 0 Å². The standard InChI is InChI=1S/C14H28N2O/c1-13-6-4-3-5-8-16(13)11-14(10-15-2)7-9-17-12-14/h13,15H,3-12H2,1-2H3. The average molecular weight is 240 g/mol. The van der Waals surface area contributed by atoms with E-state index in [4.69, 9.17) is 4.74 Å². The van der Waals surface area contributed by atoms with E-state index in [2.05, 4.69) is 24.2 Å². The van der Waals surface area contributed by atoms with Gasteiger partial charge in [-0.15, -0.1) is 0 Å². The second-order valence-electron chi connectivity index (χ2n) is 6.00. The molecule has 2 rings (SSSR count). The van der Waals surface area contributed by atoms with E-state index in [0.29, 0.717) is 5.41 Å². The fourth-order valence-corrected chi connectivity index (χ4v) is 3.34. The van der Waals surface area contributed by atoms with Crippen molar-refractivity contribution in [1.82, 2.24) is 10.2 Å². The molecule has 0 saturated carbocycles. The van der Waals surface area contributed by atoms with Gasteiger partial charge in [-0.05, 0) is 39.8 Å². The van der Waals surface area contributed by atoms with E-state index in [-0.39, 0.29) is 0 Å². The predicted molar refractivity (Wildman–Crippen MR) is 71.3 cm³/mol. The lowest BCUT2D eigenvalue weighted by atomic mass is 9.86. The second kappa shape index (κ2) is 6.17. The van der Waals surface area contributed by atoms with Crippen molar-refractivity contribution in [2.75, 3.05) is 39.9 Å². The van der Waals surface area contributed by atoms with Crippen molar-refractivity contribution < 1.29 is 4.74 Å². The molecule has 3 nitrogen and oxygen atoms in total. The molecule has 0 aromatic carbocycles. The molecule has 2 unspecified atom stereocenters. The average Bonchev–Trinajstić information content (AvgIpc) is 2.67. The lowest BCUT2D eigenvalue weighted by Gasteiger charge is -2.36. The summed E-state index contributed by atoms with van der Waals surface area (Å²) in [6, 6.07) is 0.756. The van der Waals surface area contributed by atoms with Crippen LogP contribution in [-0.2, 0) is 4.74 Å². The first-order chi connectivity index (χ1) is 8.26. The molecule has 0 aliphatic carbocycles. The second-order valence-corrected chi connectivity index (χ2v) is 6.00. The maximum atomic E-state index is 5.65. The Bertz CT molecular complexity index is 226. The van der Waals surface area contributed by atoms with Gasteiger partial charge in [-0.1, -0.05) is 12.8 Å². The minimum Gasteiger partial charge on any atom is -0.381 e. The molecule has 100 valence electrons. The summed E-state index contributed by atoms with van der Waals surface area (Å²) < 4.78 is 5.65. The van der Waals surface area contributed by atoms with Crippen molar-refractivity contribution in [2.45, 2.75) is 45.1 Å². The summed E-state index contributed by atoms with van der Waals surface area (Å²) in [7, 11) is 2.06. The summed E-state index contributed by atoms with van der Waals surface area (Å²) in [6.45, 7) is 7.88. The number of nitrogens with zero attached hydrogens (tertiary/aromatic N) is 1. The van der Waals surface area contributed by atoms with E-state index in [1.807, 2.05) is 0 Å². The van der Waals surface area contributed by atoms with Crippen LogP contribution in [0.5, 0.6) is 0 Å². The SMILES string of the molecule is CNCC1(CN2CCCCCC2C)CCOC1. The molecular formula is C14H28N2O. The number of hydrogen-bond donors (Lipinski definition) is 1. The zero-order chi connectivity index (χ0) is 12.1. The summed E-state index contributed by atoms with van der Waals surface area (Å²) in [5.74, 6) is 0. The summed E-state index contributed by atoms with van der Waals surface area (Å²) in [4.78, 5) is 2.71. The summed E-state index contributed by atoms with van der Waals surface area (Å²) in [5.41, 5.74) is 0.368. The van der Waals surface area contributed by atoms with E-state index < -0.39 is 0 Å². The van der Waals surface area contributed by atoms with Crippen LogP contribution in [0.25, 0.3) is 0 Å². The molecule has 17 heavy (non-hydrogen) atoms. The zero-order valence-corrected chi connectivity index (χ0v) is 11.5. The molecule has 0 amide bonds. The Kier molecular flexibility index (Phi) is 4.83. The first-order valence-corrected chi connectivity index (χ1v) is 7.22. The molecule has 2 fully saturated rings. The highest BCUT2D eigenvalue weighted by Gasteiger charge is 2.37. The van der Waals surface area contributed by atoms with Crippen molar-refractivity contribution in [3.63, 3.8) is 0 Å². The van der Waals surface area contributed by atoms with Crippen molar-refractivity contribution in [3.8, 4) is 0 Å². The molecule has 0 aromatic rings. The van der Waals surface area contributed by atoms with E-state index in [9.17, 15) is 0 Å². The van der Waals surface area contributed by atoms with Gasteiger partial charge in [-0.2, -0.15) is 0 Å². The van der Waals surface area contributed by atoms with Gasteiger partial charge in [0.05, 0.1) is 6.61 Å². The smallest absolute Gasteiger partial charge is 0.0547 e. The summed E-state index contributed by atoms with van der Waals surface area (Å²) >= 11 is 0. The Hall–Kier alpha value is -0.120. The van der Waals surface area contributed by atoms with Crippen molar-refractivity contribution in [3.05, 3.63) is 0 Å². The zero-order valence-electron chi connectivity index (χ0n) is 11.5.